The molecule has 2 nitrogen and oxygen atoms in total. The molecule has 0 amide bonds. The minimum Gasteiger partial charge on any atom is -0.456 e. The number of furan rings is 1. The van der Waals surface area contributed by atoms with Crippen LogP contribution in [-0.4, -0.2) is 0 Å². The minimum absolute atomic E-state index is 0.904. The highest BCUT2D eigenvalue weighted by Crippen LogP contribution is 2.43. The topological polar surface area (TPSA) is 16.4 Å². The van der Waals surface area contributed by atoms with Gasteiger partial charge in [0.15, 0.2) is 0 Å². The molecule has 0 saturated carbocycles. The highest BCUT2D eigenvalue weighted by atomic mass is 32.1. The summed E-state index contributed by atoms with van der Waals surface area (Å²) in [7, 11) is 0. The first kappa shape index (κ1) is 38.9. The van der Waals surface area contributed by atoms with Crippen LogP contribution < -0.4 is 4.90 Å². The molecule has 0 atom stereocenters. The van der Waals surface area contributed by atoms with Crippen LogP contribution in [-0.2, 0) is 0 Å². The van der Waals surface area contributed by atoms with Gasteiger partial charge in [-0.1, -0.05) is 170 Å². The Bertz CT molecular complexity index is 3950. The molecule has 0 radical (unpaired) electrons. The number of anilines is 3. The van der Waals surface area contributed by atoms with Crippen molar-refractivity contribution in [2.75, 3.05) is 4.90 Å². The molecule has 11 aromatic carbocycles. The lowest BCUT2D eigenvalue weighted by Crippen LogP contribution is -2.09. The fourth-order valence-electron chi connectivity index (χ4n) is 9.87. The summed E-state index contributed by atoms with van der Waals surface area (Å²) >= 11 is 1.86. The van der Waals surface area contributed by atoms with E-state index in [1.165, 1.54) is 75.5 Å². The first-order valence-corrected chi connectivity index (χ1v) is 23.6. The average Bonchev–Trinajstić information content (AvgIpc) is 3.98. The normalized spacial score (nSPS) is 11.6. The summed E-state index contributed by atoms with van der Waals surface area (Å²) in [5.74, 6) is 0. The molecule has 0 aliphatic carbocycles. The molecule has 0 unspecified atom stereocenters. The molecule has 13 rings (SSSR count). The van der Waals surface area contributed by atoms with E-state index in [9.17, 15) is 0 Å². The predicted octanol–water partition coefficient (Wildman–Crippen LogP) is 18.9. The van der Waals surface area contributed by atoms with Crippen molar-refractivity contribution in [2.45, 2.75) is 0 Å². The van der Waals surface area contributed by atoms with Gasteiger partial charge in [-0.25, -0.2) is 0 Å². The first-order valence-electron chi connectivity index (χ1n) is 22.8. The van der Waals surface area contributed by atoms with Gasteiger partial charge >= 0.3 is 0 Å². The Kier molecular flexibility index (Phi) is 9.40. The lowest BCUT2D eigenvalue weighted by molar-refractivity contribution is 0.669. The first-order chi connectivity index (χ1) is 33.2. The second-order valence-electron chi connectivity index (χ2n) is 17.3. The SMILES string of the molecule is c1cc(-c2ccc(-c3ccc(N(c4ccc(-c5ccc6oc7ccccc7c6c5)cc4)c4ccc(-c5cccc6sc7ccccc7c56)cc4)cc3)cc2)cc(-c2ccc3ccccc3c2)c1. The molecule has 3 heteroatoms. The minimum atomic E-state index is 0.904. The van der Waals surface area contributed by atoms with Gasteiger partial charge in [0.2, 0.25) is 0 Å². The molecule has 0 fully saturated rings. The zero-order valence-corrected chi connectivity index (χ0v) is 37.3. The van der Waals surface area contributed by atoms with Crippen LogP contribution in [0.5, 0.6) is 0 Å². The molecule has 0 spiro atoms. The summed E-state index contributed by atoms with van der Waals surface area (Å²) in [6, 6.07) is 90.2. The van der Waals surface area contributed by atoms with Crippen LogP contribution in [0, 0.1) is 0 Å². The van der Waals surface area contributed by atoms with Gasteiger partial charge in [-0.2, -0.15) is 0 Å². The Morgan fingerprint density at radius 2 is 0.761 bits per heavy atom. The molecule has 0 aliphatic heterocycles. The van der Waals surface area contributed by atoms with E-state index in [1.807, 2.05) is 23.5 Å². The quantitative estimate of drug-likeness (QED) is 0.151. The fraction of sp³-hybridized carbons (Fsp3) is 0. The largest absolute Gasteiger partial charge is 0.456 e. The zero-order valence-electron chi connectivity index (χ0n) is 36.4. The van der Waals surface area contributed by atoms with Crippen molar-refractivity contribution in [3.05, 3.63) is 249 Å². The third-order valence-electron chi connectivity index (χ3n) is 13.3. The number of nitrogens with zero attached hydrogens (tertiary/aromatic N) is 1. The van der Waals surface area contributed by atoms with Crippen molar-refractivity contribution < 1.29 is 4.42 Å². The van der Waals surface area contributed by atoms with Crippen LogP contribution in [0.2, 0.25) is 0 Å². The maximum atomic E-state index is 6.15. The summed E-state index contributed by atoms with van der Waals surface area (Å²) in [5, 5.41) is 7.41. The highest BCUT2D eigenvalue weighted by molar-refractivity contribution is 7.25. The van der Waals surface area contributed by atoms with E-state index in [-0.39, 0.29) is 0 Å². The van der Waals surface area contributed by atoms with E-state index >= 15 is 0 Å². The van der Waals surface area contributed by atoms with Gasteiger partial charge in [0.25, 0.3) is 0 Å². The molecular weight excluding hydrogens is 831 g/mol. The Morgan fingerprint density at radius 3 is 1.48 bits per heavy atom. The van der Waals surface area contributed by atoms with Crippen molar-refractivity contribution in [3.63, 3.8) is 0 Å². The third kappa shape index (κ3) is 7.05. The Hall–Kier alpha value is -8.50. The maximum absolute atomic E-state index is 6.15. The van der Waals surface area contributed by atoms with Crippen LogP contribution in [0.25, 0.3) is 109 Å². The van der Waals surface area contributed by atoms with E-state index in [0.29, 0.717) is 0 Å². The smallest absolute Gasteiger partial charge is 0.135 e. The molecule has 2 aromatic heterocycles. The van der Waals surface area contributed by atoms with Crippen molar-refractivity contribution in [3.8, 4) is 55.6 Å². The van der Waals surface area contributed by atoms with Crippen molar-refractivity contribution in [2.24, 2.45) is 0 Å². The van der Waals surface area contributed by atoms with Crippen LogP contribution in [0.1, 0.15) is 0 Å². The summed E-state index contributed by atoms with van der Waals surface area (Å²) in [6.45, 7) is 0. The second kappa shape index (κ2) is 16.2. The maximum Gasteiger partial charge on any atom is 0.135 e. The molecule has 0 saturated heterocycles. The van der Waals surface area contributed by atoms with Crippen LogP contribution in [0.15, 0.2) is 253 Å². The van der Waals surface area contributed by atoms with E-state index in [4.69, 9.17) is 4.42 Å². The van der Waals surface area contributed by atoms with Gasteiger partial charge in [0.05, 0.1) is 0 Å². The van der Waals surface area contributed by atoms with Gasteiger partial charge in [-0.3, -0.25) is 0 Å². The van der Waals surface area contributed by atoms with Crippen molar-refractivity contribution in [1.29, 1.82) is 0 Å². The number of hydrogen-bond donors (Lipinski definition) is 0. The second-order valence-corrected chi connectivity index (χ2v) is 18.4. The van der Waals surface area contributed by atoms with Gasteiger partial charge in [0.1, 0.15) is 11.2 Å². The monoisotopic (exact) mass is 871 g/mol. The number of para-hydroxylation sites is 1. The number of hydrogen-bond acceptors (Lipinski definition) is 3. The average molecular weight is 872 g/mol. The standard InChI is InChI=1S/C64H41NOS/c1-2-10-48-40-51(24-23-42(48)9-1)50-12-7-11-49(39-50)45-21-19-43(20-22-45)44-25-32-53(33-26-44)65(54-34-27-46(28-35-54)52-31-38-61-59(41-52)57-13-3-5-16-60(57)66-61)55-36-29-47(30-37-55)56-15-8-18-63-64(56)58-14-4-6-17-62(58)67-63/h1-41H. The lowest BCUT2D eigenvalue weighted by atomic mass is 9.96. The lowest BCUT2D eigenvalue weighted by Gasteiger charge is -2.26. The van der Waals surface area contributed by atoms with E-state index in [0.717, 1.165) is 50.1 Å². The molecular formula is C64H41NOS. The van der Waals surface area contributed by atoms with Crippen molar-refractivity contribution in [1.82, 2.24) is 0 Å². The predicted molar refractivity (Wildman–Crippen MR) is 286 cm³/mol. The Balaban J connectivity index is 0.830. The van der Waals surface area contributed by atoms with Gasteiger partial charge in [-0.15, -0.1) is 11.3 Å². The Morgan fingerprint density at radius 1 is 0.284 bits per heavy atom. The van der Waals surface area contributed by atoms with E-state index in [2.05, 4.69) is 241 Å². The summed E-state index contributed by atoms with van der Waals surface area (Å²) < 4.78 is 8.77. The summed E-state index contributed by atoms with van der Waals surface area (Å²) in [5.41, 5.74) is 17.0. The van der Waals surface area contributed by atoms with Gasteiger partial charge in [0, 0.05) is 48.0 Å². The molecule has 0 bridgehead atoms. The molecule has 2 heterocycles. The molecule has 67 heavy (non-hydrogen) atoms. The van der Waals surface area contributed by atoms with E-state index < -0.39 is 0 Å². The summed E-state index contributed by atoms with van der Waals surface area (Å²) in [4.78, 5) is 2.36. The van der Waals surface area contributed by atoms with Crippen LogP contribution >= 0.6 is 11.3 Å². The van der Waals surface area contributed by atoms with Crippen LogP contribution in [0.4, 0.5) is 17.1 Å². The number of fused-ring (bicyclic) bond motifs is 7. The Labute approximate surface area is 392 Å². The number of thiophene rings is 1. The van der Waals surface area contributed by atoms with Crippen LogP contribution in [0.3, 0.4) is 0 Å². The molecule has 0 aliphatic rings. The zero-order chi connectivity index (χ0) is 44.3. The molecule has 314 valence electrons. The third-order valence-corrected chi connectivity index (χ3v) is 14.4. The summed E-state index contributed by atoms with van der Waals surface area (Å²) in [6.07, 6.45) is 0. The van der Waals surface area contributed by atoms with Crippen molar-refractivity contribution >= 4 is 81.3 Å². The van der Waals surface area contributed by atoms with Gasteiger partial charge < -0.3 is 9.32 Å². The molecule has 13 aromatic rings. The fourth-order valence-corrected chi connectivity index (χ4v) is 11.0. The highest BCUT2D eigenvalue weighted by Gasteiger charge is 2.17. The van der Waals surface area contributed by atoms with E-state index in [1.54, 1.807) is 0 Å². The molecule has 0 N–H and O–H groups in total. The number of benzene rings is 11. The van der Waals surface area contributed by atoms with Gasteiger partial charge in [-0.05, 0) is 145 Å². The number of rotatable bonds is 8.